The number of carbonyl (C=O) groups excluding carboxylic acids is 1. The SMILES string of the molecule is C=NC1=N/C(=C(\C)Br)Nc2cc(F)c(cc2N(CC)S(C)(=O)=O)OCCCCOc2cc(c(OC)cc2N2CCC(NC(=O)CN3CCN(C)CC3)CC2)N1. The van der Waals surface area contributed by atoms with Crippen LogP contribution in [0.5, 0.6) is 17.2 Å². The van der Waals surface area contributed by atoms with Crippen LogP contribution in [0.3, 0.4) is 0 Å². The van der Waals surface area contributed by atoms with Crippen LogP contribution in [-0.4, -0.2) is 129 Å². The van der Waals surface area contributed by atoms with Gasteiger partial charge in [0.2, 0.25) is 21.9 Å². The monoisotopic (exact) mass is 849 g/mol. The molecule has 0 radical (unpaired) electrons. The summed E-state index contributed by atoms with van der Waals surface area (Å²) in [6.45, 7) is 13.3. The minimum Gasteiger partial charge on any atom is -0.494 e. The van der Waals surface area contributed by atoms with Crippen molar-refractivity contribution in [2.24, 2.45) is 9.98 Å². The summed E-state index contributed by atoms with van der Waals surface area (Å²) < 4.78 is 60.9. The first-order valence-corrected chi connectivity index (χ1v) is 21.1. The van der Waals surface area contributed by atoms with Crippen LogP contribution in [0.4, 0.5) is 27.1 Å². The molecule has 0 spiro atoms. The largest absolute Gasteiger partial charge is 0.494 e. The Morgan fingerprint density at radius 3 is 2.35 bits per heavy atom. The van der Waals surface area contributed by atoms with Crippen molar-refractivity contribution < 1.29 is 31.8 Å². The molecule has 0 aromatic heterocycles. The molecule has 2 saturated heterocycles. The van der Waals surface area contributed by atoms with Crippen LogP contribution < -0.4 is 39.4 Å². The normalized spacial score (nSPS) is 19.0. The summed E-state index contributed by atoms with van der Waals surface area (Å²) >= 11 is 3.47. The van der Waals surface area contributed by atoms with Crippen molar-refractivity contribution in [2.45, 2.75) is 45.6 Å². The lowest BCUT2D eigenvalue weighted by molar-refractivity contribution is -0.123. The fourth-order valence-corrected chi connectivity index (χ4v) is 7.85. The summed E-state index contributed by atoms with van der Waals surface area (Å²) in [6, 6.07) is 6.39. The minimum absolute atomic E-state index is 0.0626. The summed E-state index contributed by atoms with van der Waals surface area (Å²) in [7, 11) is -0.0730. The number of sulfonamides is 1. The molecule has 2 fully saturated rings. The van der Waals surface area contributed by atoms with E-state index >= 15 is 4.39 Å². The van der Waals surface area contributed by atoms with Crippen LogP contribution in [0.15, 0.2) is 44.6 Å². The number of guanidine groups is 1. The molecule has 0 unspecified atom stereocenters. The highest BCUT2D eigenvalue weighted by Crippen LogP contribution is 2.41. The predicted octanol–water partition coefficient (Wildman–Crippen LogP) is 4.67. The first-order valence-electron chi connectivity index (χ1n) is 18.5. The first kappa shape index (κ1) is 42.0. The van der Waals surface area contributed by atoms with Gasteiger partial charge in [0.05, 0.1) is 55.9 Å². The van der Waals surface area contributed by atoms with Crippen molar-refractivity contribution in [1.29, 1.82) is 0 Å². The number of aliphatic imine (C=N–C) groups is 2. The molecule has 2 aromatic rings. The Bertz CT molecular complexity index is 1860. The van der Waals surface area contributed by atoms with Gasteiger partial charge in [-0.25, -0.2) is 17.8 Å². The van der Waals surface area contributed by atoms with Crippen molar-refractivity contribution in [2.75, 3.05) is 106 Å². The van der Waals surface area contributed by atoms with Crippen LogP contribution in [0.1, 0.15) is 39.5 Å². The van der Waals surface area contributed by atoms with Gasteiger partial charge in [-0.1, -0.05) is 15.9 Å². The molecule has 0 atom stereocenters. The fraction of sp³-hybridized carbons (Fsp3) is 0.541. The second-order valence-electron chi connectivity index (χ2n) is 13.8. The predicted molar refractivity (Wildman–Crippen MR) is 221 cm³/mol. The fourth-order valence-electron chi connectivity index (χ4n) is 6.69. The number of fused-ring (bicyclic) bond motifs is 10. The molecule has 18 heteroatoms. The molecule has 0 saturated carbocycles. The molecule has 3 N–H and O–H groups in total. The highest BCUT2D eigenvalue weighted by Gasteiger charge is 2.27. The van der Waals surface area contributed by atoms with Crippen molar-refractivity contribution in [1.82, 2.24) is 15.1 Å². The molecule has 55 heavy (non-hydrogen) atoms. The topological polar surface area (TPSA) is 153 Å². The zero-order valence-electron chi connectivity index (χ0n) is 32.3. The second-order valence-corrected chi connectivity index (χ2v) is 16.9. The lowest BCUT2D eigenvalue weighted by atomic mass is 10.0. The van der Waals surface area contributed by atoms with E-state index < -0.39 is 15.8 Å². The molecule has 0 aliphatic carbocycles. The van der Waals surface area contributed by atoms with Gasteiger partial charge in [0.1, 0.15) is 17.3 Å². The molecule has 4 aliphatic heterocycles. The number of anilines is 4. The number of nitrogens with zero attached hydrogens (tertiary/aromatic N) is 6. The molecule has 4 aliphatic rings. The third-order valence-electron chi connectivity index (χ3n) is 9.70. The van der Waals surface area contributed by atoms with Gasteiger partial charge in [-0.3, -0.25) is 14.0 Å². The van der Waals surface area contributed by atoms with Crippen LogP contribution in [0.2, 0.25) is 0 Å². The van der Waals surface area contributed by atoms with Crippen LogP contribution >= 0.6 is 15.9 Å². The number of benzene rings is 2. The average Bonchev–Trinajstić information content (AvgIpc) is 3.14. The van der Waals surface area contributed by atoms with Crippen molar-refractivity contribution in [3.05, 3.63) is 40.4 Å². The second kappa shape index (κ2) is 19.1. The van der Waals surface area contributed by atoms with Gasteiger partial charge in [0.15, 0.2) is 11.6 Å². The first-order chi connectivity index (χ1) is 26.3. The number of likely N-dealkylation sites (N-methyl/N-ethyl adjacent to an activating group) is 1. The number of amides is 1. The van der Waals surface area contributed by atoms with E-state index in [1.165, 1.54) is 12.1 Å². The number of ether oxygens (including phenoxy) is 3. The van der Waals surface area contributed by atoms with Gasteiger partial charge in [-0.15, -0.1) is 0 Å². The van der Waals surface area contributed by atoms with E-state index in [2.05, 4.69) is 70.3 Å². The number of halogens is 2. The minimum atomic E-state index is -3.74. The number of hydrogen-bond donors (Lipinski definition) is 3. The summed E-state index contributed by atoms with van der Waals surface area (Å²) in [5, 5.41) is 9.53. The van der Waals surface area contributed by atoms with E-state index in [0.717, 1.165) is 55.3 Å². The molecular weight excluding hydrogens is 797 g/mol. The highest BCUT2D eigenvalue weighted by atomic mass is 79.9. The average molecular weight is 851 g/mol. The van der Waals surface area contributed by atoms with Gasteiger partial charge in [-0.05, 0) is 53.3 Å². The van der Waals surface area contributed by atoms with Gasteiger partial charge in [-0.2, -0.15) is 4.99 Å². The Labute approximate surface area is 332 Å². The number of rotatable bonds is 8. The Morgan fingerprint density at radius 2 is 1.75 bits per heavy atom. The zero-order valence-corrected chi connectivity index (χ0v) is 34.7. The number of carbonyl (C=O) groups is 1. The molecular formula is C37H53BrFN9O6S. The molecule has 4 bridgehead atoms. The number of hydrogen-bond acceptors (Lipinski definition) is 13. The Hall–Kier alpha value is -4.13. The van der Waals surface area contributed by atoms with E-state index in [1.807, 2.05) is 12.1 Å². The highest BCUT2D eigenvalue weighted by molar-refractivity contribution is 9.11. The summed E-state index contributed by atoms with van der Waals surface area (Å²) in [6.07, 6.45) is 3.77. The molecule has 4 heterocycles. The maximum Gasteiger partial charge on any atom is 0.234 e. The summed E-state index contributed by atoms with van der Waals surface area (Å²) in [4.78, 5) is 28.4. The molecule has 2 aromatic carbocycles. The van der Waals surface area contributed by atoms with E-state index in [4.69, 9.17) is 14.2 Å². The molecule has 1 amide bonds. The number of nitrogens with one attached hydrogen (secondary N) is 3. The van der Waals surface area contributed by atoms with Crippen LogP contribution in [0.25, 0.3) is 0 Å². The molecule has 302 valence electrons. The van der Waals surface area contributed by atoms with Crippen molar-refractivity contribution in [3.8, 4) is 17.2 Å². The third-order valence-corrected chi connectivity index (χ3v) is 11.3. The van der Waals surface area contributed by atoms with Gasteiger partial charge in [0, 0.05) is 80.6 Å². The van der Waals surface area contributed by atoms with E-state index in [1.54, 1.807) is 21.0 Å². The van der Waals surface area contributed by atoms with Crippen LogP contribution in [0, 0.1) is 5.82 Å². The number of piperazine rings is 1. The number of methoxy groups -OCH3 is 1. The van der Waals surface area contributed by atoms with Crippen molar-refractivity contribution in [3.63, 3.8) is 0 Å². The van der Waals surface area contributed by atoms with Crippen LogP contribution in [-0.2, 0) is 14.8 Å². The van der Waals surface area contributed by atoms with E-state index in [9.17, 15) is 13.2 Å². The number of piperidine rings is 1. The maximum absolute atomic E-state index is 15.5. The van der Waals surface area contributed by atoms with Gasteiger partial charge in [0.25, 0.3) is 0 Å². The zero-order chi connectivity index (χ0) is 39.7. The molecule has 6 rings (SSSR count). The Kier molecular flexibility index (Phi) is 14.6. The number of allylic oxidation sites excluding steroid dienone is 1. The van der Waals surface area contributed by atoms with Crippen molar-refractivity contribution >= 4 is 67.3 Å². The lowest BCUT2D eigenvalue weighted by Gasteiger charge is -2.36. The standard InChI is InChI=1S/C37H53BrFN9O6S/c1-7-48(55(6,50)51)30-22-32-27(39)20-28(30)42-36(25(2)38)44-37(40-3)43-29-21-34(54-19-9-8-18-53-32)31(23-33(29)52-5)47-12-10-26(11-13-47)41-35(49)24-46-16-14-45(4)15-17-46/h20-23,26,42H,3,7-19,24H2,1-2,4-6H3,(H,41,49)(H,43,44)/b36-25+. The Balaban J connectivity index is 1.41. The van der Waals surface area contributed by atoms with E-state index in [-0.39, 0.29) is 54.0 Å². The van der Waals surface area contributed by atoms with Gasteiger partial charge < -0.3 is 40.0 Å². The third kappa shape index (κ3) is 11.2. The maximum atomic E-state index is 15.5. The summed E-state index contributed by atoms with van der Waals surface area (Å²) in [5.41, 5.74) is 1.70. The molecule has 15 nitrogen and oxygen atoms in total. The van der Waals surface area contributed by atoms with E-state index in [0.29, 0.717) is 60.8 Å². The van der Waals surface area contributed by atoms with Gasteiger partial charge >= 0.3 is 0 Å². The lowest BCUT2D eigenvalue weighted by Crippen LogP contribution is -2.51. The summed E-state index contributed by atoms with van der Waals surface area (Å²) in [5.74, 6) is 0.711. The smallest absolute Gasteiger partial charge is 0.234 e. The quantitative estimate of drug-likeness (QED) is 0.318. The Morgan fingerprint density at radius 1 is 1.07 bits per heavy atom.